The first-order valence-electron chi connectivity index (χ1n) is 2.58. The Bertz CT molecular complexity index is 229. The van der Waals surface area contributed by atoms with Gasteiger partial charge in [0.15, 0.2) is 5.25 Å². The first kappa shape index (κ1) is 13.7. The van der Waals surface area contributed by atoms with Crippen molar-refractivity contribution in [1.29, 1.82) is 0 Å². The Labute approximate surface area is 83.7 Å². The molecule has 2 N–H and O–H groups in total. The maximum Gasteiger partial charge on any atom is 2.00 e. The van der Waals surface area contributed by atoms with Gasteiger partial charge in [0.25, 0.3) is 10.1 Å². The van der Waals surface area contributed by atoms with Crippen LogP contribution >= 0.6 is 0 Å². The van der Waals surface area contributed by atoms with Crippen LogP contribution in [-0.2, 0) is 14.9 Å². The van der Waals surface area contributed by atoms with E-state index in [1.165, 1.54) is 6.92 Å². The largest absolute Gasteiger partial charge is 2.00 e. The van der Waals surface area contributed by atoms with E-state index in [0.717, 1.165) is 0 Å². The first-order chi connectivity index (χ1) is 4.39. The van der Waals surface area contributed by atoms with Crippen LogP contribution in [0.25, 0.3) is 0 Å². The van der Waals surface area contributed by atoms with Crippen molar-refractivity contribution in [3.05, 3.63) is 0 Å². The molecule has 0 aromatic rings. The number of carboxylic acid groups (broad SMARTS) is 1. The van der Waals surface area contributed by atoms with E-state index in [9.17, 15) is 13.2 Å². The van der Waals surface area contributed by atoms with Crippen molar-refractivity contribution in [3.63, 3.8) is 0 Å². The van der Waals surface area contributed by atoms with Gasteiger partial charge in [-0.25, -0.2) is 0 Å². The van der Waals surface area contributed by atoms with Gasteiger partial charge in [-0.15, -0.1) is 0 Å². The molecule has 0 amide bonds. The molecule has 0 saturated carbocycles. The summed E-state index contributed by atoms with van der Waals surface area (Å²) in [7, 11) is -4.41. The summed E-state index contributed by atoms with van der Waals surface area (Å²) in [6.45, 7) is 1.37. The van der Waals surface area contributed by atoms with Crippen LogP contribution in [0.3, 0.4) is 0 Å². The summed E-state index contributed by atoms with van der Waals surface area (Å²) in [5.74, 6) is -1.52. The molecule has 1 unspecified atom stereocenters. The van der Waals surface area contributed by atoms with Crippen molar-refractivity contribution in [2.75, 3.05) is 0 Å². The molecule has 0 aliphatic heterocycles. The predicted molar refractivity (Wildman–Crippen MR) is 41.2 cm³/mol. The molecule has 0 spiro atoms. The minimum absolute atomic E-state index is 0. The molecule has 0 radical (unpaired) electrons. The van der Waals surface area contributed by atoms with Crippen molar-refractivity contribution >= 4 is 39.1 Å². The van der Waals surface area contributed by atoms with Gasteiger partial charge in [-0.05, 0) is 6.42 Å². The Morgan fingerprint density at radius 1 is 1.64 bits per heavy atom. The number of rotatable bonds is 3. The van der Waals surface area contributed by atoms with Crippen LogP contribution in [-0.4, -0.2) is 52.3 Å². The monoisotopic (exact) mass is 194 g/mol. The molecule has 0 aromatic heterocycles. The first-order valence-corrected chi connectivity index (χ1v) is 4.09. The number of aliphatic carboxylic acids is 1. The molecule has 0 fully saturated rings. The van der Waals surface area contributed by atoms with E-state index < -0.39 is 21.3 Å². The van der Waals surface area contributed by atoms with E-state index in [0.29, 0.717) is 0 Å². The maximum absolute atomic E-state index is 10.2. The van der Waals surface area contributed by atoms with Crippen molar-refractivity contribution in [1.82, 2.24) is 0 Å². The van der Waals surface area contributed by atoms with Gasteiger partial charge in [0.1, 0.15) is 0 Å². The van der Waals surface area contributed by atoms with E-state index in [1.54, 1.807) is 0 Å². The van der Waals surface area contributed by atoms with Crippen LogP contribution in [0.2, 0.25) is 0 Å². The molecular weight excluding hydrogens is 184 g/mol. The van der Waals surface area contributed by atoms with Gasteiger partial charge < -0.3 is 7.96 Å². The standard InChI is InChI=1S/C4H8O5S.Mg.2H/c1-2-3(4(5)6)10(7,8)9;;;/h3H,2H2,1H3,(H,5,6)(H,7,8,9);;;/q;+2;2*-1. The Hall–Kier alpha value is 0.146. The maximum atomic E-state index is 10.2. The van der Waals surface area contributed by atoms with Gasteiger partial charge in [-0.3, -0.25) is 9.35 Å². The minimum Gasteiger partial charge on any atom is -1.00 e. The SMILES string of the molecule is CCC(C(=O)O)S(=O)(=O)O.[H-].[H-].[Mg+2]. The molecule has 0 saturated heterocycles. The van der Waals surface area contributed by atoms with Crippen LogP contribution in [0.4, 0.5) is 0 Å². The molecule has 0 aliphatic carbocycles. The van der Waals surface area contributed by atoms with Crippen LogP contribution in [0.1, 0.15) is 16.2 Å². The van der Waals surface area contributed by atoms with Crippen molar-refractivity contribution in [2.45, 2.75) is 18.6 Å². The van der Waals surface area contributed by atoms with Crippen LogP contribution in [0.15, 0.2) is 0 Å². The van der Waals surface area contributed by atoms with Gasteiger partial charge in [-0.1, -0.05) is 6.92 Å². The summed E-state index contributed by atoms with van der Waals surface area (Å²) in [6, 6.07) is 0. The third kappa shape index (κ3) is 4.56. The Morgan fingerprint density at radius 3 is 2.00 bits per heavy atom. The zero-order valence-electron chi connectivity index (χ0n) is 8.02. The van der Waals surface area contributed by atoms with Crippen molar-refractivity contribution in [2.24, 2.45) is 0 Å². The van der Waals surface area contributed by atoms with Gasteiger partial charge >= 0.3 is 29.0 Å². The molecule has 1 atom stereocenters. The fraction of sp³-hybridized carbons (Fsp3) is 0.750. The normalized spacial score (nSPS) is 13.3. The quantitative estimate of drug-likeness (QED) is 0.470. The average molecular weight is 194 g/mol. The fourth-order valence-electron chi connectivity index (χ4n) is 0.513. The Balaban J connectivity index is -0.000000135. The van der Waals surface area contributed by atoms with Gasteiger partial charge in [0.05, 0.1) is 0 Å². The predicted octanol–water partition coefficient (Wildman–Crippen LogP) is -0.418. The van der Waals surface area contributed by atoms with Crippen LogP contribution in [0.5, 0.6) is 0 Å². The summed E-state index contributed by atoms with van der Waals surface area (Å²) >= 11 is 0. The molecule has 11 heavy (non-hydrogen) atoms. The smallest absolute Gasteiger partial charge is 1.00 e. The zero-order chi connectivity index (χ0) is 8.36. The second-order valence-corrected chi connectivity index (χ2v) is 3.35. The van der Waals surface area contributed by atoms with Gasteiger partial charge in [0.2, 0.25) is 0 Å². The summed E-state index contributed by atoms with van der Waals surface area (Å²) in [5, 5.41) is 6.48. The molecule has 64 valence electrons. The third-order valence-electron chi connectivity index (χ3n) is 1.01. The van der Waals surface area contributed by atoms with Crippen LogP contribution in [0, 0.1) is 0 Å². The van der Waals surface area contributed by atoms with Gasteiger partial charge in [0, 0.05) is 0 Å². The fourth-order valence-corrected chi connectivity index (χ4v) is 1.19. The summed E-state index contributed by atoms with van der Waals surface area (Å²) in [6.07, 6.45) is -0.131. The molecule has 0 bridgehead atoms. The molecule has 0 heterocycles. The molecule has 0 rings (SSSR count). The minimum atomic E-state index is -4.41. The molecule has 7 heteroatoms. The van der Waals surface area contributed by atoms with E-state index in [2.05, 4.69) is 0 Å². The summed E-state index contributed by atoms with van der Waals surface area (Å²) in [5.41, 5.74) is 0. The van der Waals surface area contributed by atoms with E-state index in [-0.39, 0.29) is 32.3 Å². The van der Waals surface area contributed by atoms with Crippen molar-refractivity contribution < 1.29 is 25.7 Å². The Kier molecular flexibility index (Phi) is 6.12. The van der Waals surface area contributed by atoms with E-state index in [4.69, 9.17) is 9.66 Å². The molecule has 5 nitrogen and oxygen atoms in total. The molecule has 0 aliphatic rings. The third-order valence-corrected chi connectivity index (χ3v) is 2.26. The number of carboxylic acids is 1. The summed E-state index contributed by atoms with van der Waals surface area (Å²) < 4.78 is 28.6. The number of hydrogen-bond acceptors (Lipinski definition) is 3. The number of hydrogen-bond donors (Lipinski definition) is 2. The molecule has 0 aromatic carbocycles. The zero-order valence-corrected chi connectivity index (χ0v) is 8.25. The Morgan fingerprint density at radius 2 is 2.00 bits per heavy atom. The van der Waals surface area contributed by atoms with E-state index >= 15 is 0 Å². The van der Waals surface area contributed by atoms with E-state index in [1.807, 2.05) is 0 Å². The average Bonchev–Trinajstić information content (AvgIpc) is 1.60. The van der Waals surface area contributed by atoms with Crippen molar-refractivity contribution in [3.8, 4) is 0 Å². The van der Waals surface area contributed by atoms with Gasteiger partial charge in [-0.2, -0.15) is 8.42 Å². The molecular formula is C4H10MgO5S. The second kappa shape index (κ2) is 4.91. The number of carbonyl (C=O) groups is 1. The van der Waals surface area contributed by atoms with Crippen LogP contribution < -0.4 is 0 Å². The second-order valence-electron chi connectivity index (χ2n) is 1.75. The topological polar surface area (TPSA) is 91.7 Å². The summed E-state index contributed by atoms with van der Waals surface area (Å²) in [4.78, 5) is 10.0.